The molecule has 1 aromatic carbocycles. The van der Waals surface area contributed by atoms with Crippen LogP contribution >= 0.6 is 0 Å². The molecule has 1 atom stereocenters. The van der Waals surface area contributed by atoms with Gasteiger partial charge in [0.25, 0.3) is 5.92 Å². The Morgan fingerprint density at radius 1 is 1.22 bits per heavy atom. The number of hydrogen-bond donors (Lipinski definition) is 1. The Morgan fingerprint density at radius 2 is 2.00 bits per heavy atom. The summed E-state index contributed by atoms with van der Waals surface area (Å²) in [5.74, 6) is -2.79. The van der Waals surface area contributed by atoms with Gasteiger partial charge in [0.2, 0.25) is 0 Å². The molecular formula is C20H26F2N4O. The molecule has 27 heavy (non-hydrogen) atoms. The summed E-state index contributed by atoms with van der Waals surface area (Å²) in [6.45, 7) is 3.17. The van der Waals surface area contributed by atoms with E-state index in [4.69, 9.17) is 0 Å². The number of urea groups is 1. The summed E-state index contributed by atoms with van der Waals surface area (Å²) in [7, 11) is 0. The number of aromatic nitrogens is 2. The first-order chi connectivity index (χ1) is 12.9. The van der Waals surface area contributed by atoms with Gasteiger partial charge in [0.05, 0.1) is 23.8 Å². The van der Waals surface area contributed by atoms with Crippen molar-refractivity contribution in [3.63, 3.8) is 0 Å². The third kappa shape index (κ3) is 3.64. The maximum Gasteiger partial charge on any atom is 0.317 e. The Labute approximate surface area is 157 Å². The zero-order valence-electron chi connectivity index (χ0n) is 15.6. The fourth-order valence-corrected chi connectivity index (χ4v) is 4.29. The van der Waals surface area contributed by atoms with E-state index in [0.717, 1.165) is 30.2 Å². The van der Waals surface area contributed by atoms with Crippen molar-refractivity contribution in [1.82, 2.24) is 20.0 Å². The van der Waals surface area contributed by atoms with E-state index in [1.807, 2.05) is 10.9 Å². The van der Waals surface area contributed by atoms with Crippen molar-refractivity contribution in [3.8, 4) is 0 Å². The van der Waals surface area contributed by atoms with Gasteiger partial charge in [-0.15, -0.1) is 0 Å². The molecule has 2 fully saturated rings. The van der Waals surface area contributed by atoms with Gasteiger partial charge in [-0.05, 0) is 44.7 Å². The predicted molar refractivity (Wildman–Crippen MR) is 100 cm³/mol. The van der Waals surface area contributed by atoms with Crippen molar-refractivity contribution < 1.29 is 13.6 Å². The van der Waals surface area contributed by atoms with Crippen molar-refractivity contribution in [2.45, 2.75) is 63.5 Å². The first-order valence-corrected chi connectivity index (χ1v) is 9.81. The Kier molecular flexibility index (Phi) is 4.78. The van der Waals surface area contributed by atoms with Crippen LogP contribution in [0.2, 0.25) is 0 Å². The molecule has 146 valence electrons. The van der Waals surface area contributed by atoms with E-state index in [2.05, 4.69) is 35.5 Å². The van der Waals surface area contributed by atoms with Crippen LogP contribution in [0.1, 0.15) is 50.1 Å². The zero-order valence-corrected chi connectivity index (χ0v) is 15.6. The van der Waals surface area contributed by atoms with Crippen LogP contribution in [0.3, 0.4) is 0 Å². The minimum atomic E-state index is -2.79. The van der Waals surface area contributed by atoms with Crippen LogP contribution < -0.4 is 5.32 Å². The van der Waals surface area contributed by atoms with E-state index in [-0.39, 0.29) is 18.5 Å². The molecule has 1 saturated heterocycles. The normalized spacial score (nSPS) is 23.5. The predicted octanol–water partition coefficient (Wildman–Crippen LogP) is 4.27. The van der Waals surface area contributed by atoms with Crippen LogP contribution in [0.15, 0.2) is 24.4 Å². The van der Waals surface area contributed by atoms with Crippen LogP contribution in [0.25, 0.3) is 10.9 Å². The Balaban J connectivity index is 1.37. The molecule has 1 saturated carbocycles. The van der Waals surface area contributed by atoms with Gasteiger partial charge in [-0.2, -0.15) is 5.10 Å². The van der Waals surface area contributed by atoms with Gasteiger partial charge < -0.3 is 10.2 Å². The number of nitrogens with one attached hydrogen (secondary N) is 1. The lowest BCUT2D eigenvalue weighted by Gasteiger charge is -2.36. The number of fused-ring (bicyclic) bond motifs is 1. The molecule has 1 N–H and O–H groups in total. The largest absolute Gasteiger partial charge is 0.329 e. The minimum absolute atomic E-state index is 0.133. The first kappa shape index (κ1) is 18.2. The molecule has 1 aromatic heterocycles. The van der Waals surface area contributed by atoms with Crippen LogP contribution in [0.4, 0.5) is 13.6 Å². The number of hydrogen-bond acceptors (Lipinski definition) is 2. The molecule has 0 bridgehead atoms. The van der Waals surface area contributed by atoms with Crippen molar-refractivity contribution >= 4 is 16.9 Å². The van der Waals surface area contributed by atoms with Gasteiger partial charge in [0.15, 0.2) is 0 Å². The smallest absolute Gasteiger partial charge is 0.317 e. The topological polar surface area (TPSA) is 50.2 Å². The van der Waals surface area contributed by atoms with Crippen LogP contribution in [0, 0.1) is 6.92 Å². The highest BCUT2D eigenvalue weighted by molar-refractivity contribution is 5.79. The summed E-state index contributed by atoms with van der Waals surface area (Å²) < 4.78 is 30.0. The average Bonchev–Trinajstić information content (AvgIpc) is 3.06. The molecule has 0 spiro atoms. The molecule has 1 aliphatic carbocycles. The molecule has 2 amide bonds. The highest BCUT2D eigenvalue weighted by Gasteiger charge is 2.42. The second-order valence-electron chi connectivity index (χ2n) is 7.88. The first-order valence-electron chi connectivity index (χ1n) is 9.81. The summed E-state index contributed by atoms with van der Waals surface area (Å²) in [5.41, 5.74) is 2.30. The maximum absolute atomic E-state index is 14.0. The molecule has 7 heteroatoms. The second-order valence-corrected chi connectivity index (χ2v) is 7.88. The molecule has 2 heterocycles. The quantitative estimate of drug-likeness (QED) is 0.851. The fraction of sp³-hybridized carbons (Fsp3) is 0.600. The molecular weight excluding hydrogens is 350 g/mol. The number of benzene rings is 1. The fourth-order valence-electron chi connectivity index (χ4n) is 4.29. The van der Waals surface area contributed by atoms with E-state index in [9.17, 15) is 13.6 Å². The molecule has 0 radical (unpaired) electrons. The summed E-state index contributed by atoms with van der Waals surface area (Å²) in [6.07, 6.45) is 4.93. The van der Waals surface area contributed by atoms with Gasteiger partial charge in [-0.3, -0.25) is 4.68 Å². The monoisotopic (exact) mass is 376 g/mol. The molecule has 1 aliphatic heterocycles. The molecule has 2 aliphatic rings. The van der Waals surface area contributed by atoms with Crippen molar-refractivity contribution in [2.24, 2.45) is 0 Å². The average molecular weight is 376 g/mol. The number of rotatable bonds is 2. The number of alkyl halides is 2. The van der Waals surface area contributed by atoms with Gasteiger partial charge in [-0.1, -0.05) is 18.1 Å². The van der Waals surface area contributed by atoms with Crippen molar-refractivity contribution in [2.75, 3.05) is 13.1 Å². The lowest BCUT2D eigenvalue weighted by molar-refractivity contribution is -0.0609. The van der Waals surface area contributed by atoms with Gasteiger partial charge in [0.1, 0.15) is 0 Å². The third-order valence-corrected chi connectivity index (χ3v) is 5.91. The van der Waals surface area contributed by atoms with Crippen LogP contribution in [-0.2, 0) is 0 Å². The van der Waals surface area contributed by atoms with E-state index in [0.29, 0.717) is 25.9 Å². The van der Waals surface area contributed by atoms with Gasteiger partial charge in [-0.25, -0.2) is 13.6 Å². The number of halogens is 2. The van der Waals surface area contributed by atoms with Crippen LogP contribution in [0.5, 0.6) is 0 Å². The molecule has 0 unspecified atom stereocenters. The number of aryl methyl sites for hydroxylation is 1. The highest BCUT2D eigenvalue weighted by Crippen LogP contribution is 2.34. The second kappa shape index (κ2) is 7.09. The van der Waals surface area contributed by atoms with Crippen molar-refractivity contribution in [3.05, 3.63) is 30.0 Å². The summed E-state index contributed by atoms with van der Waals surface area (Å²) in [6, 6.07) is 5.11. The van der Waals surface area contributed by atoms with E-state index in [1.165, 1.54) is 5.56 Å². The highest BCUT2D eigenvalue weighted by atomic mass is 19.3. The minimum Gasteiger partial charge on any atom is -0.329 e. The van der Waals surface area contributed by atoms with E-state index in [1.54, 1.807) is 4.90 Å². The Hall–Kier alpha value is -2.18. The number of nitrogens with zero attached hydrogens (tertiary/aromatic N) is 3. The zero-order chi connectivity index (χ0) is 19.0. The third-order valence-electron chi connectivity index (χ3n) is 5.91. The van der Waals surface area contributed by atoms with Crippen LogP contribution in [-0.4, -0.2) is 45.8 Å². The summed E-state index contributed by atoms with van der Waals surface area (Å²) in [4.78, 5) is 14.1. The Morgan fingerprint density at radius 3 is 2.74 bits per heavy atom. The summed E-state index contributed by atoms with van der Waals surface area (Å²) >= 11 is 0. The lowest BCUT2D eigenvalue weighted by Crippen LogP contribution is -2.54. The molecule has 5 nitrogen and oxygen atoms in total. The standard InChI is InChI=1S/C20H26F2N4O/c1-14-5-6-17-15(12-14)13-23-26(17)16-7-10-25(11-8-16)19(27)24-18-4-2-3-9-20(18,21)22/h5-6,12-13,16,18H,2-4,7-11H2,1H3,(H,24,27)/t18-/m0/s1. The number of piperidine rings is 1. The number of carbonyl (C=O) groups is 1. The number of amides is 2. The van der Waals surface area contributed by atoms with Gasteiger partial charge in [0, 0.05) is 24.9 Å². The van der Waals surface area contributed by atoms with Gasteiger partial charge >= 0.3 is 6.03 Å². The molecule has 4 rings (SSSR count). The lowest BCUT2D eigenvalue weighted by atomic mass is 9.91. The Bertz CT molecular complexity index is 826. The van der Waals surface area contributed by atoms with Crippen molar-refractivity contribution in [1.29, 1.82) is 0 Å². The number of likely N-dealkylation sites (tertiary alicyclic amines) is 1. The SMILES string of the molecule is Cc1ccc2c(cnn2C2CCN(C(=O)N[C@H]3CCCCC3(F)F)CC2)c1. The maximum atomic E-state index is 14.0. The molecule has 2 aromatic rings. The van der Waals surface area contributed by atoms with E-state index < -0.39 is 12.0 Å². The number of carbonyl (C=O) groups excluding carboxylic acids is 1. The summed E-state index contributed by atoms with van der Waals surface area (Å²) in [5, 5.41) is 8.24. The van der Waals surface area contributed by atoms with E-state index >= 15 is 0 Å².